The second-order valence-electron chi connectivity index (χ2n) is 3.21. The zero-order valence-electron chi connectivity index (χ0n) is 8.36. The molecule has 0 aliphatic heterocycles. The molecule has 0 atom stereocenters. The van der Waals surface area contributed by atoms with E-state index in [4.69, 9.17) is 4.74 Å². The van der Waals surface area contributed by atoms with Crippen LogP contribution in [0.4, 0.5) is 4.39 Å². The van der Waals surface area contributed by atoms with Crippen LogP contribution < -0.4 is 4.74 Å². The fraction of sp³-hybridized carbons (Fsp3) is 0.0833. The summed E-state index contributed by atoms with van der Waals surface area (Å²) in [5.74, 6) is 0.429. The highest BCUT2D eigenvalue weighted by Crippen LogP contribution is 2.22. The van der Waals surface area contributed by atoms with Gasteiger partial charge in [-0.05, 0) is 45.8 Å². The van der Waals surface area contributed by atoms with Crippen molar-refractivity contribution >= 4 is 15.9 Å². The summed E-state index contributed by atoms with van der Waals surface area (Å²) in [5.41, 5.74) is 0.914. The van der Waals surface area contributed by atoms with E-state index in [1.807, 2.05) is 6.07 Å². The topological polar surface area (TPSA) is 22.1 Å². The first kappa shape index (κ1) is 11.1. The molecule has 0 N–H and O–H groups in total. The van der Waals surface area contributed by atoms with Crippen molar-refractivity contribution in [1.29, 1.82) is 0 Å². The van der Waals surface area contributed by atoms with Gasteiger partial charge in [-0.3, -0.25) is 0 Å². The van der Waals surface area contributed by atoms with Crippen LogP contribution in [0.3, 0.4) is 0 Å². The van der Waals surface area contributed by atoms with Gasteiger partial charge in [0.1, 0.15) is 17.0 Å². The lowest BCUT2D eigenvalue weighted by Gasteiger charge is -2.06. The molecule has 2 aromatic rings. The van der Waals surface area contributed by atoms with Gasteiger partial charge in [0.2, 0.25) is 0 Å². The minimum absolute atomic E-state index is 0.244. The Morgan fingerprint density at radius 1 is 1.19 bits per heavy atom. The third kappa shape index (κ3) is 2.79. The van der Waals surface area contributed by atoms with Crippen molar-refractivity contribution in [2.75, 3.05) is 0 Å². The lowest BCUT2D eigenvalue weighted by molar-refractivity contribution is 0.302. The molecule has 0 saturated carbocycles. The van der Waals surface area contributed by atoms with Gasteiger partial charge in [-0.15, -0.1) is 0 Å². The predicted molar refractivity (Wildman–Crippen MR) is 62.7 cm³/mol. The fourth-order valence-electron chi connectivity index (χ4n) is 1.22. The maximum atomic E-state index is 12.7. The van der Waals surface area contributed by atoms with E-state index in [-0.39, 0.29) is 5.82 Å². The summed E-state index contributed by atoms with van der Waals surface area (Å²) in [6.45, 7) is 0.393. The molecule has 0 aliphatic rings. The Bertz CT molecular complexity index is 473. The number of nitrogens with zero attached hydrogens (tertiary/aromatic N) is 1. The van der Waals surface area contributed by atoms with E-state index >= 15 is 0 Å². The third-order valence-electron chi connectivity index (χ3n) is 2.03. The van der Waals surface area contributed by atoms with Gasteiger partial charge in [-0.25, -0.2) is 9.37 Å². The van der Waals surface area contributed by atoms with Crippen LogP contribution >= 0.6 is 15.9 Å². The molecule has 0 unspecified atom stereocenters. The number of ether oxygens (including phenoxy) is 1. The fourth-order valence-corrected chi connectivity index (χ4v) is 1.59. The van der Waals surface area contributed by atoms with Gasteiger partial charge in [0.15, 0.2) is 5.75 Å². The smallest absolute Gasteiger partial charge is 0.152 e. The summed E-state index contributed by atoms with van der Waals surface area (Å²) in [6, 6.07) is 9.83. The van der Waals surface area contributed by atoms with Crippen molar-refractivity contribution in [3.63, 3.8) is 0 Å². The first-order valence-corrected chi connectivity index (χ1v) is 5.53. The molecule has 4 heteroatoms. The van der Waals surface area contributed by atoms with Crippen LogP contribution in [0.5, 0.6) is 5.75 Å². The summed E-state index contributed by atoms with van der Waals surface area (Å²) >= 11 is 3.29. The van der Waals surface area contributed by atoms with Gasteiger partial charge in [0.25, 0.3) is 0 Å². The SMILES string of the molecule is Fc1ccc(COc2cccnc2Br)cc1. The van der Waals surface area contributed by atoms with Crippen LogP contribution in [0.2, 0.25) is 0 Å². The van der Waals surface area contributed by atoms with Crippen molar-refractivity contribution in [3.8, 4) is 5.75 Å². The highest BCUT2D eigenvalue weighted by molar-refractivity contribution is 9.10. The molecule has 16 heavy (non-hydrogen) atoms. The van der Waals surface area contributed by atoms with Crippen molar-refractivity contribution < 1.29 is 9.13 Å². The predicted octanol–water partition coefficient (Wildman–Crippen LogP) is 3.56. The highest BCUT2D eigenvalue weighted by Gasteiger charge is 2.01. The van der Waals surface area contributed by atoms with Gasteiger partial charge in [-0.2, -0.15) is 0 Å². The average molecular weight is 282 g/mol. The monoisotopic (exact) mass is 281 g/mol. The van der Waals surface area contributed by atoms with E-state index in [1.165, 1.54) is 12.1 Å². The lowest BCUT2D eigenvalue weighted by atomic mass is 10.2. The lowest BCUT2D eigenvalue weighted by Crippen LogP contribution is -1.96. The van der Waals surface area contributed by atoms with E-state index in [1.54, 1.807) is 24.4 Å². The molecule has 1 aromatic carbocycles. The number of halogens is 2. The quantitative estimate of drug-likeness (QED) is 0.803. The molecule has 0 saturated heterocycles. The number of hydrogen-bond acceptors (Lipinski definition) is 2. The summed E-state index contributed by atoms with van der Waals surface area (Å²) < 4.78 is 18.9. The second-order valence-corrected chi connectivity index (χ2v) is 3.96. The molecule has 82 valence electrons. The number of benzene rings is 1. The minimum Gasteiger partial charge on any atom is -0.486 e. The molecular weight excluding hydrogens is 273 g/mol. The van der Waals surface area contributed by atoms with E-state index in [0.717, 1.165) is 5.56 Å². The Balaban J connectivity index is 2.02. The molecule has 0 spiro atoms. The van der Waals surface area contributed by atoms with Gasteiger partial charge < -0.3 is 4.74 Å². The van der Waals surface area contributed by atoms with Crippen LogP contribution in [0.15, 0.2) is 47.2 Å². The molecular formula is C12H9BrFNO. The standard InChI is InChI=1S/C12H9BrFNO/c13-12-11(2-1-7-15-12)16-8-9-3-5-10(14)6-4-9/h1-7H,8H2. The normalized spacial score (nSPS) is 10.1. The van der Waals surface area contributed by atoms with Crippen molar-refractivity contribution in [2.45, 2.75) is 6.61 Å². The highest BCUT2D eigenvalue weighted by atomic mass is 79.9. The largest absolute Gasteiger partial charge is 0.486 e. The van der Waals surface area contributed by atoms with Crippen LogP contribution in [0.1, 0.15) is 5.56 Å². The Labute approximate surface area is 101 Å². The van der Waals surface area contributed by atoms with Crippen LogP contribution in [-0.4, -0.2) is 4.98 Å². The third-order valence-corrected chi connectivity index (χ3v) is 2.63. The Morgan fingerprint density at radius 3 is 2.62 bits per heavy atom. The number of rotatable bonds is 3. The van der Waals surface area contributed by atoms with Crippen molar-refractivity contribution in [3.05, 3.63) is 58.6 Å². The van der Waals surface area contributed by atoms with Crippen molar-refractivity contribution in [1.82, 2.24) is 4.98 Å². The van der Waals surface area contributed by atoms with Crippen molar-refractivity contribution in [2.24, 2.45) is 0 Å². The molecule has 0 radical (unpaired) electrons. The Hall–Kier alpha value is -1.42. The molecule has 2 nitrogen and oxygen atoms in total. The molecule has 0 bridgehead atoms. The summed E-state index contributed by atoms with van der Waals surface area (Å²) in [6.07, 6.45) is 1.68. The molecule has 0 aliphatic carbocycles. The van der Waals surface area contributed by atoms with Gasteiger partial charge in [0, 0.05) is 6.20 Å². The number of hydrogen-bond donors (Lipinski definition) is 0. The Kier molecular flexibility index (Phi) is 3.51. The molecule has 2 rings (SSSR count). The average Bonchev–Trinajstić information content (AvgIpc) is 2.30. The summed E-state index contributed by atoms with van der Waals surface area (Å²) in [5, 5.41) is 0. The van der Waals surface area contributed by atoms with Gasteiger partial charge >= 0.3 is 0 Å². The molecule has 1 aromatic heterocycles. The van der Waals surface area contributed by atoms with E-state index < -0.39 is 0 Å². The van der Waals surface area contributed by atoms with Gasteiger partial charge in [-0.1, -0.05) is 12.1 Å². The number of pyridine rings is 1. The molecule has 0 amide bonds. The summed E-state index contributed by atoms with van der Waals surface area (Å²) in [4.78, 5) is 4.04. The van der Waals surface area contributed by atoms with E-state index in [9.17, 15) is 4.39 Å². The summed E-state index contributed by atoms with van der Waals surface area (Å²) in [7, 11) is 0. The second kappa shape index (κ2) is 5.07. The first-order chi connectivity index (χ1) is 7.75. The maximum Gasteiger partial charge on any atom is 0.152 e. The van der Waals surface area contributed by atoms with E-state index in [2.05, 4.69) is 20.9 Å². The van der Waals surface area contributed by atoms with Crippen LogP contribution in [0.25, 0.3) is 0 Å². The Morgan fingerprint density at radius 2 is 1.94 bits per heavy atom. The minimum atomic E-state index is -0.244. The van der Waals surface area contributed by atoms with Crippen LogP contribution in [-0.2, 0) is 6.61 Å². The zero-order valence-corrected chi connectivity index (χ0v) is 9.95. The first-order valence-electron chi connectivity index (χ1n) is 4.73. The zero-order chi connectivity index (χ0) is 11.4. The molecule has 0 fully saturated rings. The van der Waals surface area contributed by atoms with Gasteiger partial charge in [0.05, 0.1) is 0 Å². The van der Waals surface area contributed by atoms with Crippen LogP contribution in [0, 0.1) is 5.82 Å². The number of aromatic nitrogens is 1. The maximum absolute atomic E-state index is 12.7. The van der Waals surface area contributed by atoms with E-state index in [0.29, 0.717) is 17.0 Å². The molecule has 1 heterocycles.